The Kier molecular flexibility index (Phi) is 7.03. The Morgan fingerprint density at radius 3 is 1.39 bits per heavy atom. The molecule has 0 aliphatic carbocycles. The van der Waals surface area contributed by atoms with Crippen molar-refractivity contribution in [3.05, 3.63) is 70.8 Å². The van der Waals surface area contributed by atoms with Gasteiger partial charge in [-0.05, 0) is 37.8 Å². The van der Waals surface area contributed by atoms with Gasteiger partial charge in [-0.15, -0.1) is 0 Å². The standard InChI is InChI=1S/C20H23NS2/c1-15-3-7-17(8-4-15)19(22)11-13-21-14-12-20(23)18-9-5-16(2)6-10-18/h3-10,21H,11-14H2,1-2H3. The lowest BCUT2D eigenvalue weighted by Crippen LogP contribution is -2.21. The molecule has 2 aromatic rings. The molecule has 0 aliphatic rings. The molecule has 0 spiro atoms. The molecule has 2 aromatic carbocycles. The van der Waals surface area contributed by atoms with Gasteiger partial charge in [-0.3, -0.25) is 0 Å². The Morgan fingerprint density at radius 1 is 0.696 bits per heavy atom. The van der Waals surface area contributed by atoms with Gasteiger partial charge >= 0.3 is 0 Å². The molecule has 0 heterocycles. The Labute approximate surface area is 150 Å². The van der Waals surface area contributed by atoms with Gasteiger partial charge in [0.25, 0.3) is 0 Å². The van der Waals surface area contributed by atoms with E-state index in [1.165, 1.54) is 11.1 Å². The molecule has 0 saturated carbocycles. The van der Waals surface area contributed by atoms with Crippen LogP contribution < -0.4 is 5.32 Å². The van der Waals surface area contributed by atoms with Gasteiger partial charge in [-0.25, -0.2) is 0 Å². The molecule has 3 heteroatoms. The average molecular weight is 342 g/mol. The first-order chi connectivity index (χ1) is 11.1. The average Bonchev–Trinajstić information content (AvgIpc) is 2.55. The van der Waals surface area contributed by atoms with Crippen LogP contribution in [0.15, 0.2) is 48.5 Å². The summed E-state index contributed by atoms with van der Waals surface area (Å²) in [6.07, 6.45) is 1.77. The predicted octanol–water partition coefficient (Wildman–Crippen LogP) is 4.81. The highest BCUT2D eigenvalue weighted by Gasteiger charge is 2.03. The molecule has 120 valence electrons. The van der Waals surface area contributed by atoms with Crippen LogP contribution in [0.2, 0.25) is 0 Å². The van der Waals surface area contributed by atoms with Gasteiger partial charge in [0.15, 0.2) is 0 Å². The maximum atomic E-state index is 5.49. The van der Waals surface area contributed by atoms with Gasteiger partial charge in [0.1, 0.15) is 0 Å². The zero-order valence-electron chi connectivity index (χ0n) is 13.8. The number of nitrogens with one attached hydrogen (secondary N) is 1. The second-order valence-corrected chi connectivity index (χ2v) is 6.81. The number of aryl methyl sites for hydroxylation is 2. The van der Waals surface area contributed by atoms with Crippen LogP contribution in [0.3, 0.4) is 0 Å². The minimum Gasteiger partial charge on any atom is -0.316 e. The van der Waals surface area contributed by atoms with Crippen LogP contribution in [0, 0.1) is 13.8 Å². The Morgan fingerprint density at radius 2 is 1.04 bits per heavy atom. The lowest BCUT2D eigenvalue weighted by atomic mass is 10.1. The smallest absolute Gasteiger partial charge is 0.0237 e. The molecule has 2 rings (SSSR count). The van der Waals surface area contributed by atoms with Gasteiger partial charge in [0.2, 0.25) is 0 Å². The molecule has 1 N–H and O–H groups in total. The molecule has 0 amide bonds. The second-order valence-electron chi connectivity index (χ2n) is 5.83. The molecule has 0 saturated heterocycles. The van der Waals surface area contributed by atoms with E-state index in [1.54, 1.807) is 0 Å². The zero-order valence-corrected chi connectivity index (χ0v) is 15.4. The van der Waals surface area contributed by atoms with Crippen molar-refractivity contribution in [2.24, 2.45) is 0 Å². The molecular formula is C20H23NS2. The van der Waals surface area contributed by atoms with E-state index >= 15 is 0 Å². The van der Waals surface area contributed by atoms with Crippen LogP contribution in [0.1, 0.15) is 35.1 Å². The third-order valence-electron chi connectivity index (χ3n) is 3.80. The van der Waals surface area contributed by atoms with E-state index in [0.29, 0.717) is 0 Å². The van der Waals surface area contributed by atoms with Crippen LogP contribution >= 0.6 is 24.4 Å². The van der Waals surface area contributed by atoms with E-state index in [2.05, 4.69) is 67.7 Å². The highest BCUT2D eigenvalue weighted by Crippen LogP contribution is 2.08. The van der Waals surface area contributed by atoms with E-state index in [1.807, 2.05) is 0 Å². The number of hydrogen-bond donors (Lipinski definition) is 1. The Hall–Kier alpha value is -1.42. The van der Waals surface area contributed by atoms with Crippen molar-refractivity contribution in [1.82, 2.24) is 5.32 Å². The summed E-state index contributed by atoms with van der Waals surface area (Å²) in [7, 11) is 0. The fourth-order valence-corrected chi connectivity index (χ4v) is 2.77. The zero-order chi connectivity index (χ0) is 16.7. The third-order valence-corrected chi connectivity index (χ3v) is 4.68. The van der Waals surface area contributed by atoms with Gasteiger partial charge in [-0.1, -0.05) is 84.1 Å². The SMILES string of the molecule is Cc1ccc(C(=S)CCNCCC(=S)c2ccc(C)cc2)cc1. The number of thiocarbonyl (C=S) groups is 2. The van der Waals surface area contributed by atoms with Crippen LogP contribution in [0.25, 0.3) is 0 Å². The van der Waals surface area contributed by atoms with Crippen molar-refractivity contribution in [3.8, 4) is 0 Å². The van der Waals surface area contributed by atoms with Crippen molar-refractivity contribution < 1.29 is 0 Å². The molecule has 0 unspecified atom stereocenters. The first kappa shape index (κ1) is 17.9. The molecule has 1 nitrogen and oxygen atoms in total. The molecule has 0 radical (unpaired) electrons. The summed E-state index contributed by atoms with van der Waals surface area (Å²) in [5.74, 6) is 0. The highest BCUT2D eigenvalue weighted by molar-refractivity contribution is 7.81. The summed E-state index contributed by atoms with van der Waals surface area (Å²) in [4.78, 5) is 2.03. The highest BCUT2D eigenvalue weighted by atomic mass is 32.1. The predicted molar refractivity (Wildman–Crippen MR) is 108 cm³/mol. The summed E-state index contributed by atoms with van der Waals surface area (Å²) in [6, 6.07) is 16.8. The lowest BCUT2D eigenvalue weighted by molar-refractivity contribution is 0.720. The molecule has 23 heavy (non-hydrogen) atoms. The van der Waals surface area contributed by atoms with E-state index in [-0.39, 0.29) is 0 Å². The maximum absolute atomic E-state index is 5.49. The largest absolute Gasteiger partial charge is 0.316 e. The monoisotopic (exact) mass is 341 g/mol. The van der Waals surface area contributed by atoms with Gasteiger partial charge < -0.3 is 5.32 Å². The fourth-order valence-electron chi connectivity index (χ4n) is 2.30. The van der Waals surface area contributed by atoms with Gasteiger partial charge in [0, 0.05) is 22.8 Å². The molecule has 0 bridgehead atoms. The van der Waals surface area contributed by atoms with E-state index in [0.717, 1.165) is 46.8 Å². The summed E-state index contributed by atoms with van der Waals surface area (Å²) >= 11 is 11.0. The third kappa shape index (κ3) is 5.94. The molecular weight excluding hydrogens is 318 g/mol. The molecule has 0 atom stereocenters. The summed E-state index contributed by atoms with van der Waals surface area (Å²) in [5.41, 5.74) is 4.84. The van der Waals surface area contributed by atoms with Crippen molar-refractivity contribution in [2.75, 3.05) is 13.1 Å². The minimum absolute atomic E-state index is 0.885. The summed E-state index contributed by atoms with van der Waals surface area (Å²) < 4.78 is 0. The minimum atomic E-state index is 0.885. The molecule has 0 aliphatic heterocycles. The quantitative estimate of drug-likeness (QED) is 0.420. The van der Waals surface area contributed by atoms with E-state index in [9.17, 15) is 0 Å². The number of benzene rings is 2. The van der Waals surface area contributed by atoms with Gasteiger partial charge in [0.05, 0.1) is 0 Å². The maximum Gasteiger partial charge on any atom is 0.0237 e. The first-order valence-electron chi connectivity index (χ1n) is 7.97. The van der Waals surface area contributed by atoms with E-state index in [4.69, 9.17) is 24.4 Å². The molecule has 0 fully saturated rings. The van der Waals surface area contributed by atoms with Crippen molar-refractivity contribution in [2.45, 2.75) is 26.7 Å². The van der Waals surface area contributed by atoms with Gasteiger partial charge in [-0.2, -0.15) is 0 Å². The fraction of sp³-hybridized carbons (Fsp3) is 0.300. The van der Waals surface area contributed by atoms with Crippen LogP contribution in [-0.2, 0) is 0 Å². The Balaban J connectivity index is 1.67. The normalized spacial score (nSPS) is 10.5. The van der Waals surface area contributed by atoms with Crippen molar-refractivity contribution >= 4 is 34.2 Å². The van der Waals surface area contributed by atoms with Crippen molar-refractivity contribution in [1.29, 1.82) is 0 Å². The van der Waals surface area contributed by atoms with Crippen LogP contribution in [-0.4, -0.2) is 22.8 Å². The summed E-state index contributed by atoms with van der Waals surface area (Å²) in [6.45, 7) is 5.96. The summed E-state index contributed by atoms with van der Waals surface area (Å²) in [5, 5.41) is 3.43. The number of hydrogen-bond acceptors (Lipinski definition) is 3. The first-order valence-corrected chi connectivity index (χ1v) is 8.78. The number of rotatable bonds is 8. The lowest BCUT2D eigenvalue weighted by Gasteiger charge is -2.08. The van der Waals surface area contributed by atoms with Crippen molar-refractivity contribution in [3.63, 3.8) is 0 Å². The van der Waals surface area contributed by atoms with E-state index < -0.39 is 0 Å². The topological polar surface area (TPSA) is 12.0 Å². The van der Waals surface area contributed by atoms with Crippen LogP contribution in [0.5, 0.6) is 0 Å². The Bertz CT molecular complexity index is 598. The van der Waals surface area contributed by atoms with Crippen LogP contribution in [0.4, 0.5) is 0 Å². The molecule has 0 aromatic heterocycles. The second kappa shape index (κ2) is 9.02.